The smallest absolute Gasteiger partial charge is 0.127 e. The van der Waals surface area contributed by atoms with Gasteiger partial charge in [0.05, 0.1) is 20.3 Å². The first-order valence-electron chi connectivity index (χ1n) is 13.7. The maximum absolute atomic E-state index is 5.83. The standard InChI is InChI=1S/C34H37NO2/c1-23-14-15-25-17-19-29(24-10-6-4-7-11-24)30-22-35(21-27-16-18-28(36-2)20-31(27)37-3)34(32(23)33(25)30)26-12-8-5-9-13-26/h5,8-9,12-20,24,34H,4,6-7,10-11,21-22H2,1-3H3/t34-/m1/s1. The molecule has 1 aliphatic heterocycles. The van der Waals surface area contributed by atoms with Crippen LogP contribution in [0.4, 0.5) is 0 Å². The second kappa shape index (κ2) is 10.2. The van der Waals surface area contributed by atoms with E-state index in [1.165, 1.54) is 65.1 Å². The number of aryl methyl sites for hydroxylation is 1. The summed E-state index contributed by atoms with van der Waals surface area (Å²) in [4.78, 5) is 2.66. The molecule has 4 aromatic carbocycles. The fraction of sp³-hybridized carbons (Fsp3) is 0.353. The van der Waals surface area contributed by atoms with E-state index in [9.17, 15) is 0 Å². The molecular formula is C34H37NO2. The van der Waals surface area contributed by atoms with Crippen molar-refractivity contribution in [3.8, 4) is 11.5 Å². The minimum Gasteiger partial charge on any atom is -0.497 e. The summed E-state index contributed by atoms with van der Waals surface area (Å²) in [5, 5.41) is 2.87. The number of ether oxygens (including phenoxy) is 2. The quantitative estimate of drug-likeness (QED) is 0.271. The van der Waals surface area contributed by atoms with Crippen LogP contribution in [0.1, 0.15) is 77.4 Å². The molecule has 0 aromatic heterocycles. The molecule has 0 unspecified atom stereocenters. The predicted molar refractivity (Wildman–Crippen MR) is 152 cm³/mol. The van der Waals surface area contributed by atoms with Crippen molar-refractivity contribution in [2.45, 2.75) is 64.1 Å². The molecule has 0 saturated heterocycles. The van der Waals surface area contributed by atoms with E-state index in [2.05, 4.69) is 72.5 Å². The van der Waals surface area contributed by atoms with Gasteiger partial charge in [-0.05, 0) is 70.3 Å². The molecule has 0 radical (unpaired) electrons. The second-order valence-corrected chi connectivity index (χ2v) is 10.8. The summed E-state index contributed by atoms with van der Waals surface area (Å²) < 4.78 is 11.3. The summed E-state index contributed by atoms with van der Waals surface area (Å²) in [5.41, 5.74) is 8.50. The van der Waals surface area contributed by atoms with Gasteiger partial charge >= 0.3 is 0 Å². The number of methoxy groups -OCH3 is 2. The van der Waals surface area contributed by atoms with E-state index in [1.807, 2.05) is 12.1 Å². The number of hydrogen-bond acceptors (Lipinski definition) is 3. The highest BCUT2D eigenvalue weighted by Gasteiger charge is 2.34. The molecule has 3 nitrogen and oxygen atoms in total. The predicted octanol–water partition coefficient (Wildman–Crippen LogP) is 8.32. The Morgan fingerprint density at radius 1 is 0.838 bits per heavy atom. The molecule has 1 aliphatic carbocycles. The fourth-order valence-electron chi connectivity index (χ4n) is 6.80. The first-order valence-corrected chi connectivity index (χ1v) is 13.7. The van der Waals surface area contributed by atoms with Crippen LogP contribution in [0.3, 0.4) is 0 Å². The van der Waals surface area contributed by atoms with Crippen LogP contribution in [0.15, 0.2) is 72.8 Å². The van der Waals surface area contributed by atoms with Crippen LogP contribution in [0.25, 0.3) is 10.8 Å². The largest absolute Gasteiger partial charge is 0.497 e. The highest BCUT2D eigenvalue weighted by atomic mass is 16.5. The molecule has 190 valence electrons. The maximum Gasteiger partial charge on any atom is 0.127 e. The summed E-state index contributed by atoms with van der Waals surface area (Å²) in [6.45, 7) is 4.04. The lowest BCUT2D eigenvalue weighted by molar-refractivity contribution is 0.198. The normalized spacial score (nSPS) is 18.2. The minimum absolute atomic E-state index is 0.186. The molecule has 2 aliphatic rings. The topological polar surface area (TPSA) is 21.7 Å². The third kappa shape index (κ3) is 4.40. The molecule has 1 fully saturated rings. The lowest BCUT2D eigenvalue weighted by Crippen LogP contribution is -2.34. The fourth-order valence-corrected chi connectivity index (χ4v) is 6.80. The lowest BCUT2D eigenvalue weighted by Gasteiger charge is -2.40. The van der Waals surface area contributed by atoms with Crippen molar-refractivity contribution in [2.75, 3.05) is 14.2 Å². The van der Waals surface area contributed by atoms with E-state index in [0.29, 0.717) is 5.92 Å². The highest BCUT2D eigenvalue weighted by Crippen LogP contribution is 2.47. The monoisotopic (exact) mass is 491 g/mol. The first kappa shape index (κ1) is 24.1. The molecule has 37 heavy (non-hydrogen) atoms. The Morgan fingerprint density at radius 2 is 1.62 bits per heavy atom. The van der Waals surface area contributed by atoms with Gasteiger partial charge in [0, 0.05) is 24.7 Å². The summed E-state index contributed by atoms with van der Waals surface area (Å²) in [6.07, 6.45) is 6.70. The van der Waals surface area contributed by atoms with Gasteiger partial charge in [0.2, 0.25) is 0 Å². The average Bonchev–Trinajstić information content (AvgIpc) is 2.95. The molecule has 0 spiro atoms. The summed E-state index contributed by atoms with van der Waals surface area (Å²) >= 11 is 0. The van der Waals surface area contributed by atoms with Crippen molar-refractivity contribution in [3.63, 3.8) is 0 Å². The average molecular weight is 492 g/mol. The Balaban J connectivity index is 1.54. The van der Waals surface area contributed by atoms with E-state index < -0.39 is 0 Å². The van der Waals surface area contributed by atoms with Crippen molar-refractivity contribution in [1.82, 2.24) is 4.90 Å². The molecule has 0 bridgehead atoms. The molecule has 0 N–H and O–H groups in total. The van der Waals surface area contributed by atoms with Crippen LogP contribution in [0.2, 0.25) is 0 Å². The zero-order chi connectivity index (χ0) is 25.4. The molecule has 4 aromatic rings. The van der Waals surface area contributed by atoms with Gasteiger partial charge in [0.25, 0.3) is 0 Å². The van der Waals surface area contributed by atoms with Crippen molar-refractivity contribution >= 4 is 10.8 Å². The molecule has 1 heterocycles. The van der Waals surface area contributed by atoms with Crippen LogP contribution in [0.5, 0.6) is 11.5 Å². The van der Waals surface area contributed by atoms with Crippen LogP contribution >= 0.6 is 0 Å². The van der Waals surface area contributed by atoms with E-state index in [4.69, 9.17) is 9.47 Å². The van der Waals surface area contributed by atoms with Crippen molar-refractivity contribution < 1.29 is 9.47 Å². The summed E-state index contributed by atoms with van der Waals surface area (Å²) in [6, 6.07) is 26.9. The van der Waals surface area contributed by atoms with E-state index >= 15 is 0 Å². The number of hydrogen-bond donors (Lipinski definition) is 0. The number of rotatable bonds is 6. The summed E-state index contributed by atoms with van der Waals surface area (Å²) in [7, 11) is 3.46. The van der Waals surface area contributed by atoms with Gasteiger partial charge in [0.15, 0.2) is 0 Å². The number of nitrogens with zero attached hydrogens (tertiary/aromatic N) is 1. The molecule has 0 amide bonds. The highest BCUT2D eigenvalue weighted by molar-refractivity contribution is 5.92. The zero-order valence-corrected chi connectivity index (χ0v) is 22.3. The Bertz CT molecular complexity index is 1400. The summed E-state index contributed by atoms with van der Waals surface area (Å²) in [5.74, 6) is 2.38. The van der Waals surface area contributed by atoms with Gasteiger partial charge < -0.3 is 9.47 Å². The maximum atomic E-state index is 5.83. The van der Waals surface area contributed by atoms with E-state index in [1.54, 1.807) is 25.3 Å². The van der Waals surface area contributed by atoms with Crippen LogP contribution in [-0.4, -0.2) is 19.1 Å². The Hall–Kier alpha value is -3.30. The van der Waals surface area contributed by atoms with E-state index in [0.717, 1.165) is 24.6 Å². The number of benzene rings is 4. The van der Waals surface area contributed by atoms with Gasteiger partial charge in [0.1, 0.15) is 11.5 Å². The first-order chi connectivity index (χ1) is 18.2. The van der Waals surface area contributed by atoms with Gasteiger partial charge in [-0.15, -0.1) is 0 Å². The van der Waals surface area contributed by atoms with Crippen LogP contribution in [-0.2, 0) is 13.1 Å². The lowest BCUT2D eigenvalue weighted by atomic mass is 9.77. The Morgan fingerprint density at radius 3 is 2.38 bits per heavy atom. The van der Waals surface area contributed by atoms with Crippen LogP contribution < -0.4 is 9.47 Å². The van der Waals surface area contributed by atoms with Gasteiger partial charge in [-0.25, -0.2) is 0 Å². The zero-order valence-electron chi connectivity index (χ0n) is 22.3. The third-order valence-electron chi connectivity index (χ3n) is 8.62. The van der Waals surface area contributed by atoms with Crippen molar-refractivity contribution in [1.29, 1.82) is 0 Å². The Labute approximate surface area is 221 Å². The third-order valence-corrected chi connectivity index (χ3v) is 8.62. The molecule has 1 atom stereocenters. The SMILES string of the molecule is COc1ccc(CN2Cc3c(C4CCCCC4)ccc4ccc(C)c(c34)[C@H]2c2ccccc2)c(OC)c1. The minimum atomic E-state index is 0.186. The molecule has 1 saturated carbocycles. The molecule has 3 heteroatoms. The van der Waals surface area contributed by atoms with Gasteiger partial charge in [-0.2, -0.15) is 0 Å². The van der Waals surface area contributed by atoms with Gasteiger partial charge in [-0.3, -0.25) is 4.90 Å². The van der Waals surface area contributed by atoms with E-state index in [-0.39, 0.29) is 6.04 Å². The van der Waals surface area contributed by atoms with Crippen molar-refractivity contribution in [3.05, 3.63) is 106 Å². The second-order valence-electron chi connectivity index (χ2n) is 10.8. The van der Waals surface area contributed by atoms with Gasteiger partial charge in [-0.1, -0.05) is 79.9 Å². The van der Waals surface area contributed by atoms with Crippen molar-refractivity contribution in [2.24, 2.45) is 0 Å². The van der Waals surface area contributed by atoms with Crippen LogP contribution in [0, 0.1) is 6.92 Å². The molecular weight excluding hydrogens is 454 g/mol. The Kier molecular flexibility index (Phi) is 6.65. The molecule has 6 rings (SSSR count).